The highest BCUT2D eigenvalue weighted by Gasteiger charge is 2.61. The molecule has 7 rings (SSSR count). The summed E-state index contributed by atoms with van der Waals surface area (Å²) < 4.78 is 6.37. The molecule has 5 heteroatoms. The molecule has 4 nitrogen and oxygen atoms in total. The maximum absolute atomic E-state index is 13.7. The standard InChI is InChI=1S/C26H28N2O2S/c1-16-3-5-19(6-4-16)25-11-17-9-18(12-25)14-26(13-17,15-25)23(29)28-24-27-21-8-7-20(30-2)10-22(21)31-24/h3-8,10,17-18H,9,11-15H2,1-2H3,(H,27,28,29)/t17-,18+,25?,26?. The monoisotopic (exact) mass is 432 g/mol. The highest BCUT2D eigenvalue weighted by Crippen LogP contribution is 2.66. The number of fused-ring (bicyclic) bond motifs is 1. The zero-order chi connectivity index (χ0) is 21.2. The van der Waals surface area contributed by atoms with Gasteiger partial charge in [-0.25, -0.2) is 4.98 Å². The molecule has 1 amide bonds. The van der Waals surface area contributed by atoms with Crippen molar-refractivity contribution in [3.05, 3.63) is 53.6 Å². The smallest absolute Gasteiger partial charge is 0.232 e. The van der Waals surface area contributed by atoms with Gasteiger partial charge in [-0.15, -0.1) is 0 Å². The van der Waals surface area contributed by atoms with Gasteiger partial charge in [-0.1, -0.05) is 41.2 Å². The average molecular weight is 433 g/mol. The fraction of sp³-hybridized carbons (Fsp3) is 0.462. The lowest BCUT2D eigenvalue weighted by atomic mass is 9.42. The quantitative estimate of drug-likeness (QED) is 0.543. The number of carbonyl (C=O) groups excluding carboxylic acids is 1. The molecular formula is C26H28N2O2S. The lowest BCUT2D eigenvalue weighted by molar-refractivity contribution is -0.143. The van der Waals surface area contributed by atoms with Crippen molar-refractivity contribution in [2.75, 3.05) is 12.4 Å². The Bertz CT molecular complexity index is 1150. The van der Waals surface area contributed by atoms with Crippen molar-refractivity contribution in [1.29, 1.82) is 0 Å². The summed E-state index contributed by atoms with van der Waals surface area (Å²) in [4.78, 5) is 18.4. The zero-order valence-electron chi connectivity index (χ0n) is 18.1. The third-order valence-corrected chi connectivity index (χ3v) is 8.96. The molecule has 4 bridgehead atoms. The van der Waals surface area contributed by atoms with Crippen LogP contribution >= 0.6 is 11.3 Å². The number of amides is 1. The number of thiazole rings is 1. The molecule has 4 atom stereocenters. The van der Waals surface area contributed by atoms with Crippen molar-refractivity contribution in [1.82, 2.24) is 4.98 Å². The minimum Gasteiger partial charge on any atom is -0.497 e. The molecule has 0 radical (unpaired) electrons. The number of benzene rings is 2. The summed E-state index contributed by atoms with van der Waals surface area (Å²) in [5.74, 6) is 2.32. The molecule has 3 aromatic rings. The second-order valence-corrected chi connectivity index (χ2v) is 11.2. The number of rotatable bonds is 4. The zero-order valence-corrected chi connectivity index (χ0v) is 18.9. The lowest BCUT2D eigenvalue weighted by Gasteiger charge is -2.61. The molecular weight excluding hydrogens is 404 g/mol. The van der Waals surface area contributed by atoms with E-state index < -0.39 is 0 Å². The number of nitrogens with zero attached hydrogens (tertiary/aromatic N) is 1. The normalized spacial score (nSPS) is 31.2. The van der Waals surface area contributed by atoms with Crippen molar-refractivity contribution in [3.8, 4) is 5.75 Å². The van der Waals surface area contributed by atoms with Crippen molar-refractivity contribution < 1.29 is 9.53 Å². The molecule has 1 heterocycles. The number of anilines is 1. The van der Waals surface area contributed by atoms with Crippen LogP contribution in [0.4, 0.5) is 5.13 Å². The van der Waals surface area contributed by atoms with Gasteiger partial charge in [-0.3, -0.25) is 4.79 Å². The largest absolute Gasteiger partial charge is 0.497 e. The number of aromatic nitrogens is 1. The van der Waals surface area contributed by atoms with E-state index in [9.17, 15) is 4.79 Å². The minimum atomic E-state index is -0.259. The van der Waals surface area contributed by atoms with E-state index >= 15 is 0 Å². The van der Waals surface area contributed by atoms with Crippen LogP contribution in [-0.4, -0.2) is 18.0 Å². The summed E-state index contributed by atoms with van der Waals surface area (Å²) in [5, 5.41) is 3.93. The van der Waals surface area contributed by atoms with Crippen LogP contribution in [0.15, 0.2) is 42.5 Å². The van der Waals surface area contributed by atoms with Crippen molar-refractivity contribution in [3.63, 3.8) is 0 Å². The molecule has 1 aromatic heterocycles. The van der Waals surface area contributed by atoms with E-state index in [0.29, 0.717) is 17.0 Å². The Morgan fingerprint density at radius 1 is 1.10 bits per heavy atom. The van der Waals surface area contributed by atoms with Crippen LogP contribution in [0.25, 0.3) is 10.2 Å². The molecule has 0 spiro atoms. The first-order valence-corrected chi connectivity index (χ1v) is 12.1. The molecule has 160 valence electrons. The Morgan fingerprint density at radius 3 is 2.55 bits per heavy atom. The molecule has 2 unspecified atom stereocenters. The van der Waals surface area contributed by atoms with Crippen molar-refractivity contribution in [2.24, 2.45) is 17.3 Å². The van der Waals surface area contributed by atoms with Gasteiger partial charge >= 0.3 is 0 Å². The first-order valence-electron chi connectivity index (χ1n) is 11.3. The van der Waals surface area contributed by atoms with Crippen LogP contribution in [0.5, 0.6) is 5.75 Å². The second-order valence-electron chi connectivity index (χ2n) is 10.2. The third-order valence-electron chi connectivity index (χ3n) is 8.02. The van der Waals surface area contributed by atoms with Gasteiger partial charge < -0.3 is 10.1 Å². The summed E-state index contributed by atoms with van der Waals surface area (Å²) in [7, 11) is 1.67. The number of hydrogen-bond acceptors (Lipinski definition) is 4. The number of hydrogen-bond donors (Lipinski definition) is 1. The van der Waals surface area contributed by atoms with Crippen molar-refractivity contribution >= 4 is 32.6 Å². The SMILES string of the molecule is COc1ccc2nc(NC(=O)C34C[C@H]5C[C@@H](C3)CC(c3ccc(C)cc3)(C5)C4)sc2c1. The van der Waals surface area contributed by atoms with Gasteiger partial charge in [0.1, 0.15) is 5.75 Å². The Labute approximate surface area is 187 Å². The highest BCUT2D eigenvalue weighted by atomic mass is 32.1. The predicted octanol–water partition coefficient (Wildman–Crippen LogP) is 6.09. The van der Waals surface area contributed by atoms with E-state index in [-0.39, 0.29) is 16.7 Å². The Balaban J connectivity index is 1.31. The van der Waals surface area contributed by atoms with Crippen LogP contribution in [0.2, 0.25) is 0 Å². The van der Waals surface area contributed by atoms with Crippen LogP contribution in [0.3, 0.4) is 0 Å². The average Bonchev–Trinajstić information content (AvgIpc) is 3.14. The number of methoxy groups -OCH3 is 1. The van der Waals surface area contributed by atoms with Gasteiger partial charge in [0.05, 0.1) is 22.7 Å². The van der Waals surface area contributed by atoms with Gasteiger partial charge in [-0.05, 0) is 86.5 Å². The summed E-state index contributed by atoms with van der Waals surface area (Å²) in [5.41, 5.74) is 3.55. The van der Waals surface area contributed by atoms with E-state index in [1.807, 2.05) is 18.2 Å². The van der Waals surface area contributed by atoms with Crippen LogP contribution in [0.1, 0.15) is 49.7 Å². The van der Waals surface area contributed by atoms with Crippen LogP contribution in [-0.2, 0) is 10.2 Å². The summed E-state index contributed by atoms with van der Waals surface area (Å²) in [6.45, 7) is 2.14. The van der Waals surface area contributed by atoms with Crippen molar-refractivity contribution in [2.45, 2.75) is 50.9 Å². The number of ether oxygens (including phenoxy) is 1. The first kappa shape index (κ1) is 19.3. The summed E-state index contributed by atoms with van der Waals surface area (Å²) >= 11 is 1.53. The molecule has 4 aliphatic carbocycles. The molecule has 2 aromatic carbocycles. The van der Waals surface area contributed by atoms with Gasteiger partial charge in [0.2, 0.25) is 5.91 Å². The molecule has 4 aliphatic rings. The van der Waals surface area contributed by atoms with Crippen LogP contribution < -0.4 is 10.1 Å². The molecule has 1 N–H and O–H groups in total. The number of carbonyl (C=O) groups is 1. The predicted molar refractivity (Wildman–Crippen MR) is 125 cm³/mol. The summed E-state index contributed by atoms with van der Waals surface area (Å²) in [6, 6.07) is 14.9. The highest BCUT2D eigenvalue weighted by molar-refractivity contribution is 7.22. The lowest BCUT2D eigenvalue weighted by Crippen LogP contribution is -2.57. The minimum absolute atomic E-state index is 0.163. The van der Waals surface area contributed by atoms with Gasteiger partial charge in [0.15, 0.2) is 5.13 Å². The first-order chi connectivity index (χ1) is 15.0. The van der Waals surface area contributed by atoms with Gasteiger partial charge in [0, 0.05) is 0 Å². The molecule has 4 saturated carbocycles. The topological polar surface area (TPSA) is 51.2 Å². The van der Waals surface area contributed by atoms with Gasteiger partial charge in [0.25, 0.3) is 0 Å². The van der Waals surface area contributed by atoms with E-state index in [4.69, 9.17) is 4.74 Å². The maximum atomic E-state index is 13.7. The van der Waals surface area contributed by atoms with E-state index in [2.05, 4.69) is 41.5 Å². The summed E-state index contributed by atoms with van der Waals surface area (Å²) in [6.07, 6.45) is 6.80. The van der Waals surface area contributed by atoms with Crippen LogP contribution in [0, 0.1) is 24.2 Å². The Hall–Kier alpha value is -2.40. The molecule has 0 aliphatic heterocycles. The van der Waals surface area contributed by atoms with E-state index in [1.165, 1.54) is 41.7 Å². The number of aryl methyl sites for hydroxylation is 1. The van der Waals surface area contributed by atoms with E-state index in [0.717, 1.165) is 35.2 Å². The molecule has 0 saturated heterocycles. The number of nitrogens with one attached hydrogen (secondary N) is 1. The molecule has 4 fully saturated rings. The molecule has 31 heavy (non-hydrogen) atoms. The third kappa shape index (κ3) is 3.08. The second kappa shape index (κ2) is 6.80. The Kier molecular flexibility index (Phi) is 4.23. The van der Waals surface area contributed by atoms with E-state index in [1.54, 1.807) is 7.11 Å². The fourth-order valence-electron chi connectivity index (χ4n) is 7.09. The fourth-order valence-corrected chi connectivity index (χ4v) is 7.98. The van der Waals surface area contributed by atoms with Gasteiger partial charge in [-0.2, -0.15) is 0 Å². The maximum Gasteiger partial charge on any atom is 0.232 e. The Morgan fingerprint density at radius 2 is 1.84 bits per heavy atom.